The Morgan fingerprint density at radius 2 is 1.05 bits per heavy atom. The predicted molar refractivity (Wildman–Crippen MR) is 415 cm³/mol. The highest BCUT2D eigenvalue weighted by atomic mass is 16.5. The number of carbonyl (C=O) groups is 4. The van der Waals surface area contributed by atoms with Crippen LogP contribution in [-0.2, 0) is 45.5 Å². The molecule has 101 heavy (non-hydrogen) atoms. The number of hydrogen-bond acceptors (Lipinski definition) is 12. The number of rotatable bonds is 25. The van der Waals surface area contributed by atoms with Gasteiger partial charge in [-0.15, -0.1) is 0 Å². The van der Waals surface area contributed by atoms with Gasteiger partial charge in [-0.2, -0.15) is 5.26 Å². The molecule has 1 N–H and O–H groups in total. The number of benzene rings is 7. The van der Waals surface area contributed by atoms with Crippen LogP contribution in [0.3, 0.4) is 0 Å². The second-order valence-electron chi connectivity index (χ2n) is 29.2. The lowest BCUT2D eigenvalue weighted by atomic mass is 9.78. The van der Waals surface area contributed by atoms with Crippen molar-refractivity contribution in [3.8, 4) is 23.3 Å². The second kappa shape index (κ2) is 41.3. The maximum absolute atomic E-state index is 13.3. The number of carbonyl (C=O) groups excluding carboxylic acids is 4. The number of phenolic OH excluding ortho intramolecular Hbond substituents is 1. The third-order valence-electron chi connectivity index (χ3n) is 17.0. The molecular formula is C88H113N3O10. The van der Waals surface area contributed by atoms with Gasteiger partial charge in [-0.1, -0.05) is 252 Å². The summed E-state index contributed by atoms with van der Waals surface area (Å²) in [6.07, 6.45) is 13.8. The third kappa shape index (κ3) is 28.2. The summed E-state index contributed by atoms with van der Waals surface area (Å²) in [5.41, 5.74) is 9.00. The number of methoxy groups -OCH3 is 1. The van der Waals surface area contributed by atoms with Gasteiger partial charge in [0, 0.05) is 41.1 Å². The van der Waals surface area contributed by atoms with Crippen LogP contribution < -0.4 is 14.4 Å². The van der Waals surface area contributed by atoms with Crippen LogP contribution in [0.4, 0.5) is 11.4 Å². The molecule has 0 aliphatic carbocycles. The highest BCUT2D eigenvalue weighted by molar-refractivity contribution is 6.05. The van der Waals surface area contributed by atoms with E-state index in [0.717, 1.165) is 89.0 Å². The van der Waals surface area contributed by atoms with Gasteiger partial charge in [0.15, 0.2) is 0 Å². The van der Waals surface area contributed by atoms with Crippen molar-refractivity contribution in [2.24, 2.45) is 16.8 Å². The van der Waals surface area contributed by atoms with E-state index in [1.807, 2.05) is 181 Å². The van der Waals surface area contributed by atoms with E-state index >= 15 is 0 Å². The number of hydrogen-bond donors (Lipinski definition) is 1. The molecule has 540 valence electrons. The molecule has 0 heterocycles. The minimum Gasteiger partial charge on any atom is -0.507 e. The molecule has 0 aliphatic heterocycles. The first-order chi connectivity index (χ1) is 47.8. The smallest absolute Gasteiger partial charge is 0.349 e. The lowest BCUT2D eigenvalue weighted by Gasteiger charge is -2.28. The van der Waals surface area contributed by atoms with Crippen LogP contribution in [0.25, 0.3) is 11.6 Å². The fourth-order valence-electron chi connectivity index (χ4n) is 10.6. The molecule has 2 unspecified atom stereocenters. The minimum absolute atomic E-state index is 0.00269. The Hall–Kier alpha value is -9.54. The van der Waals surface area contributed by atoms with Crippen molar-refractivity contribution in [2.75, 3.05) is 38.9 Å². The van der Waals surface area contributed by atoms with Gasteiger partial charge in [0.2, 0.25) is 0 Å². The van der Waals surface area contributed by atoms with Crippen LogP contribution in [0.15, 0.2) is 186 Å². The Bertz CT molecular complexity index is 3740. The molecule has 7 rings (SSSR count). The molecule has 0 saturated heterocycles. The number of aromatic hydroxyl groups is 1. The first-order valence-corrected chi connectivity index (χ1v) is 35.6. The minimum atomic E-state index is -0.546. The molecule has 2 atom stereocenters. The molecule has 0 aromatic heterocycles. The van der Waals surface area contributed by atoms with E-state index in [-0.39, 0.29) is 44.9 Å². The normalized spacial score (nSPS) is 12.0. The van der Waals surface area contributed by atoms with E-state index in [0.29, 0.717) is 54.1 Å². The Labute approximate surface area is 604 Å². The fourth-order valence-corrected chi connectivity index (χ4v) is 10.6. The van der Waals surface area contributed by atoms with Gasteiger partial charge in [0.25, 0.3) is 0 Å². The maximum atomic E-state index is 13.3. The van der Waals surface area contributed by atoms with E-state index in [2.05, 4.69) is 86.4 Å². The van der Waals surface area contributed by atoms with Crippen LogP contribution in [0.2, 0.25) is 0 Å². The van der Waals surface area contributed by atoms with E-state index in [4.69, 9.17) is 23.7 Å². The predicted octanol–water partition coefficient (Wildman–Crippen LogP) is 21.7. The van der Waals surface area contributed by atoms with Crippen molar-refractivity contribution in [3.63, 3.8) is 0 Å². The molecule has 7 aromatic carbocycles. The largest absolute Gasteiger partial charge is 0.507 e. The zero-order valence-corrected chi connectivity index (χ0v) is 63.8. The Morgan fingerprint density at radius 1 is 0.554 bits per heavy atom. The van der Waals surface area contributed by atoms with Crippen molar-refractivity contribution in [1.82, 2.24) is 0 Å². The number of nitrogens with zero attached hydrogens (tertiary/aromatic N) is 3. The van der Waals surface area contributed by atoms with Gasteiger partial charge >= 0.3 is 23.9 Å². The molecule has 0 fully saturated rings. The number of ether oxygens (including phenoxy) is 5. The molecule has 0 saturated carbocycles. The summed E-state index contributed by atoms with van der Waals surface area (Å²) in [5, 5.41) is 20.7. The Kier molecular flexibility index (Phi) is 34.3. The van der Waals surface area contributed by atoms with E-state index in [9.17, 15) is 29.5 Å². The average molecular weight is 1370 g/mol. The van der Waals surface area contributed by atoms with Crippen LogP contribution in [0.5, 0.6) is 17.2 Å². The van der Waals surface area contributed by atoms with Gasteiger partial charge in [0.1, 0.15) is 28.9 Å². The van der Waals surface area contributed by atoms with Crippen molar-refractivity contribution < 1.29 is 48.0 Å². The first kappa shape index (κ1) is 83.9. The molecular weight excluding hydrogens is 1260 g/mol. The zero-order valence-electron chi connectivity index (χ0n) is 63.8. The van der Waals surface area contributed by atoms with Gasteiger partial charge in [-0.05, 0) is 148 Å². The molecule has 0 amide bonds. The number of para-hydroxylation sites is 1. The summed E-state index contributed by atoms with van der Waals surface area (Å²) in [7, 11) is 3.57. The number of nitriles is 1. The van der Waals surface area contributed by atoms with Crippen LogP contribution in [-0.4, -0.2) is 69.3 Å². The van der Waals surface area contributed by atoms with Crippen molar-refractivity contribution in [3.05, 3.63) is 232 Å². The summed E-state index contributed by atoms with van der Waals surface area (Å²) in [4.78, 5) is 55.6. The van der Waals surface area contributed by atoms with Crippen LogP contribution >= 0.6 is 0 Å². The topological polar surface area (TPSA) is 174 Å². The summed E-state index contributed by atoms with van der Waals surface area (Å²) >= 11 is 0. The number of anilines is 1. The second-order valence-corrected chi connectivity index (χ2v) is 29.2. The standard InChI is InChI=1S/C29H42O3.C24H27NO2.C18H26O3.C17H18N2O2/c1-26(2,3)19-13-14-23(20(17-19)27(4,5)6)32-25(31)18-15-21(28(7,8)9)24(30)22(16-18)29(10,11)12;1-3-5-12-19(4-2)18-27-24(26)22(17-25)23(20-13-8-6-9-14-20)21-15-10-7-11-16-21;1-4-6-7-15(5-2)14-21-18(19)13-10-16-8-11-17(20-3)12-9-16;1-3-21-17(20)14-9-11-15(12-10-14)18-13-19(2)16-7-5-4-6-8-16/h13-17,30H,1-12H3;6-11,13-16,19H,3-5,12,18H2,1-2H3;8-13,15H,4-7,14H2,1-3H3;4-13H,3H2,1-2H3. The molecule has 13 nitrogen and oxygen atoms in total. The van der Waals surface area contributed by atoms with Crippen molar-refractivity contribution in [2.45, 2.75) is 191 Å². The number of phenols is 1. The zero-order chi connectivity index (χ0) is 74.9. The maximum Gasteiger partial charge on any atom is 0.349 e. The summed E-state index contributed by atoms with van der Waals surface area (Å²) in [5.74, 6) is 0.912. The molecule has 0 radical (unpaired) electrons. The van der Waals surface area contributed by atoms with E-state index in [1.165, 1.54) is 24.5 Å². The quantitative estimate of drug-likeness (QED) is 0.0109. The molecule has 13 heteroatoms. The molecule has 0 spiro atoms. The summed E-state index contributed by atoms with van der Waals surface area (Å²) in [6.45, 7) is 36.7. The molecule has 0 aliphatic rings. The van der Waals surface area contributed by atoms with Crippen molar-refractivity contribution >= 4 is 53.2 Å². The van der Waals surface area contributed by atoms with Crippen LogP contribution in [0, 0.1) is 23.2 Å². The van der Waals surface area contributed by atoms with Gasteiger partial charge < -0.3 is 33.7 Å². The van der Waals surface area contributed by atoms with E-state index in [1.54, 1.807) is 62.8 Å². The number of unbranched alkanes of at least 4 members (excludes halogenated alkanes) is 2. The van der Waals surface area contributed by atoms with Gasteiger partial charge in [0.05, 0.1) is 50.1 Å². The summed E-state index contributed by atoms with van der Waals surface area (Å²) < 4.78 is 26.9. The van der Waals surface area contributed by atoms with E-state index < -0.39 is 11.9 Å². The molecule has 7 aromatic rings. The average Bonchev–Trinajstić information content (AvgIpc) is 0.785. The summed E-state index contributed by atoms with van der Waals surface area (Å²) in [6, 6.07) is 55.3. The van der Waals surface area contributed by atoms with Gasteiger partial charge in [-0.25, -0.2) is 24.2 Å². The van der Waals surface area contributed by atoms with Crippen LogP contribution in [0.1, 0.15) is 229 Å². The van der Waals surface area contributed by atoms with Crippen molar-refractivity contribution in [1.29, 1.82) is 5.26 Å². The lowest BCUT2D eigenvalue weighted by molar-refractivity contribution is -0.140. The highest BCUT2D eigenvalue weighted by Crippen LogP contribution is 2.41. The number of esters is 4. The third-order valence-corrected chi connectivity index (χ3v) is 17.0. The monoisotopic (exact) mass is 1370 g/mol. The van der Waals surface area contributed by atoms with Gasteiger partial charge in [-0.3, -0.25) is 0 Å². The SMILES string of the molecule is CC(C)(C)c1ccc(OC(=O)c2cc(C(C)(C)C)c(O)c(C(C)(C)C)c2)c(C(C)(C)C)c1.CCCCC(CC)COC(=O)C(C#N)=C(c1ccccc1)c1ccccc1.CCCCC(CC)COC(=O)C=Cc1ccc(OC)cc1.CCOC(=O)c1ccc(N=CN(C)c2ccccc2)cc1. The lowest BCUT2D eigenvalue weighted by Crippen LogP contribution is -2.21. The molecule has 0 bridgehead atoms. The Balaban J connectivity index is 0.000000290. The first-order valence-electron chi connectivity index (χ1n) is 35.6. The highest BCUT2D eigenvalue weighted by Gasteiger charge is 2.30. The number of aliphatic imine (C=N–C) groups is 1. The fraction of sp³-hybridized carbons (Fsp3) is 0.409. The Morgan fingerprint density at radius 3 is 1.50 bits per heavy atom.